The first-order valence-corrected chi connectivity index (χ1v) is 7.33. The normalized spacial score (nSPS) is 20.3. The van der Waals surface area contributed by atoms with Gasteiger partial charge in [0.2, 0.25) is 0 Å². The predicted octanol–water partition coefficient (Wildman–Crippen LogP) is 4.60. The van der Waals surface area contributed by atoms with Crippen LogP contribution in [0, 0.1) is 5.92 Å². The highest BCUT2D eigenvalue weighted by Crippen LogP contribution is 2.39. The van der Waals surface area contributed by atoms with Gasteiger partial charge in [-0.25, -0.2) is 0 Å². The second-order valence-electron chi connectivity index (χ2n) is 5.71. The van der Waals surface area contributed by atoms with E-state index in [2.05, 4.69) is 55.2 Å². The third kappa shape index (κ3) is 2.66. The highest BCUT2D eigenvalue weighted by Gasteiger charge is 2.29. The first-order chi connectivity index (χ1) is 10.2. The molecule has 0 aromatic heterocycles. The maximum absolute atomic E-state index is 5.25. The Labute approximate surface area is 126 Å². The molecule has 2 aromatic carbocycles. The van der Waals surface area contributed by atoms with Gasteiger partial charge in [0.15, 0.2) is 0 Å². The number of ether oxygens (including phenoxy) is 1. The van der Waals surface area contributed by atoms with Gasteiger partial charge in [0.05, 0.1) is 13.2 Å². The van der Waals surface area contributed by atoms with E-state index in [-0.39, 0.29) is 6.04 Å². The highest BCUT2D eigenvalue weighted by atomic mass is 16.5. The van der Waals surface area contributed by atoms with E-state index in [9.17, 15) is 0 Å². The topological polar surface area (TPSA) is 21.3 Å². The summed E-state index contributed by atoms with van der Waals surface area (Å²) in [5.74, 6) is 1.30. The molecule has 1 aliphatic rings. The van der Waals surface area contributed by atoms with E-state index in [4.69, 9.17) is 4.74 Å². The number of rotatable bonds is 3. The van der Waals surface area contributed by atoms with Crippen LogP contribution in [-0.2, 0) is 6.42 Å². The molecule has 0 unspecified atom stereocenters. The number of fused-ring (bicyclic) bond motifs is 1. The molecule has 3 rings (SSSR count). The molecule has 2 atom stereocenters. The van der Waals surface area contributed by atoms with Crippen molar-refractivity contribution in [2.45, 2.75) is 19.4 Å². The van der Waals surface area contributed by atoms with Crippen molar-refractivity contribution in [3.05, 3.63) is 71.8 Å². The number of anilines is 1. The van der Waals surface area contributed by atoms with Crippen LogP contribution in [0.5, 0.6) is 5.75 Å². The molecule has 2 aromatic rings. The molecular formula is C19H21NO. The number of methoxy groups -OCH3 is 1. The van der Waals surface area contributed by atoms with Crippen molar-refractivity contribution in [1.29, 1.82) is 0 Å². The fourth-order valence-electron chi connectivity index (χ4n) is 3.05. The maximum atomic E-state index is 5.25. The van der Waals surface area contributed by atoms with Crippen molar-refractivity contribution in [3.8, 4) is 5.75 Å². The zero-order valence-corrected chi connectivity index (χ0v) is 12.6. The van der Waals surface area contributed by atoms with Gasteiger partial charge in [-0.1, -0.05) is 42.5 Å². The van der Waals surface area contributed by atoms with Crippen molar-refractivity contribution in [1.82, 2.24) is 0 Å². The molecule has 0 saturated carbocycles. The molecule has 2 heteroatoms. The minimum absolute atomic E-state index is 0.267. The largest absolute Gasteiger partial charge is 0.497 e. The van der Waals surface area contributed by atoms with Crippen LogP contribution in [0.25, 0.3) is 0 Å². The molecule has 0 amide bonds. The van der Waals surface area contributed by atoms with E-state index >= 15 is 0 Å². The maximum Gasteiger partial charge on any atom is 0.118 e. The van der Waals surface area contributed by atoms with Crippen molar-refractivity contribution in [2.75, 3.05) is 12.4 Å². The number of benzene rings is 2. The molecular weight excluding hydrogens is 258 g/mol. The van der Waals surface area contributed by atoms with E-state index in [1.54, 1.807) is 7.11 Å². The van der Waals surface area contributed by atoms with Crippen LogP contribution >= 0.6 is 0 Å². The van der Waals surface area contributed by atoms with Crippen LogP contribution in [0.3, 0.4) is 0 Å². The van der Waals surface area contributed by atoms with Crippen molar-refractivity contribution >= 4 is 5.69 Å². The standard InChI is InChI=1S/C19H21NO/c1-13(2)17-12-15-6-4-5-7-18(15)20-19(17)14-8-10-16(21-3)11-9-14/h4-11,17,19-20H,1,12H2,2-3H3/t17-,19+/m1/s1. The molecule has 0 aliphatic carbocycles. The summed E-state index contributed by atoms with van der Waals surface area (Å²) in [7, 11) is 1.70. The number of hydrogen-bond acceptors (Lipinski definition) is 2. The lowest BCUT2D eigenvalue weighted by atomic mass is 9.80. The van der Waals surface area contributed by atoms with E-state index in [1.807, 2.05) is 12.1 Å². The van der Waals surface area contributed by atoms with E-state index in [0.717, 1.165) is 12.2 Å². The van der Waals surface area contributed by atoms with Gasteiger partial charge < -0.3 is 10.1 Å². The Morgan fingerprint density at radius 1 is 1.14 bits per heavy atom. The van der Waals surface area contributed by atoms with Gasteiger partial charge in [0, 0.05) is 11.6 Å². The Morgan fingerprint density at radius 3 is 2.52 bits per heavy atom. The van der Waals surface area contributed by atoms with Crippen LogP contribution < -0.4 is 10.1 Å². The van der Waals surface area contributed by atoms with E-state index in [1.165, 1.54) is 22.4 Å². The summed E-state index contributed by atoms with van der Waals surface area (Å²) in [4.78, 5) is 0. The van der Waals surface area contributed by atoms with Crippen LogP contribution in [0.15, 0.2) is 60.7 Å². The fourth-order valence-corrected chi connectivity index (χ4v) is 3.05. The summed E-state index contributed by atoms with van der Waals surface area (Å²) in [6, 6.07) is 17.1. The molecule has 1 heterocycles. The Balaban J connectivity index is 1.96. The van der Waals surface area contributed by atoms with Crippen LogP contribution in [0.4, 0.5) is 5.69 Å². The summed E-state index contributed by atoms with van der Waals surface area (Å²) in [5.41, 5.74) is 5.10. The van der Waals surface area contributed by atoms with Crippen LogP contribution in [0.1, 0.15) is 24.1 Å². The van der Waals surface area contributed by atoms with E-state index in [0.29, 0.717) is 5.92 Å². The molecule has 21 heavy (non-hydrogen) atoms. The van der Waals surface area contributed by atoms with Crippen molar-refractivity contribution in [3.63, 3.8) is 0 Å². The summed E-state index contributed by atoms with van der Waals surface area (Å²) in [6.07, 6.45) is 1.04. The molecule has 108 valence electrons. The lowest BCUT2D eigenvalue weighted by Gasteiger charge is -2.35. The molecule has 0 spiro atoms. The first-order valence-electron chi connectivity index (χ1n) is 7.33. The third-order valence-electron chi connectivity index (χ3n) is 4.28. The second kappa shape index (κ2) is 5.65. The molecule has 0 bridgehead atoms. The lowest BCUT2D eigenvalue weighted by molar-refractivity contribution is 0.414. The summed E-state index contributed by atoms with van der Waals surface area (Å²) >= 11 is 0. The van der Waals surface area contributed by atoms with Gasteiger partial charge in [-0.05, 0) is 42.7 Å². The fraction of sp³-hybridized carbons (Fsp3) is 0.263. The third-order valence-corrected chi connectivity index (χ3v) is 4.28. The minimum atomic E-state index is 0.267. The molecule has 0 radical (unpaired) electrons. The SMILES string of the molecule is C=C(C)[C@H]1Cc2ccccc2N[C@H]1c1ccc(OC)cc1. The van der Waals surface area contributed by atoms with Gasteiger partial charge in [-0.2, -0.15) is 0 Å². The van der Waals surface area contributed by atoms with Gasteiger partial charge in [-0.3, -0.25) is 0 Å². The zero-order chi connectivity index (χ0) is 14.8. The molecule has 2 nitrogen and oxygen atoms in total. The van der Waals surface area contributed by atoms with Crippen molar-refractivity contribution in [2.24, 2.45) is 5.92 Å². The Hall–Kier alpha value is -2.22. The summed E-state index contributed by atoms with van der Waals surface area (Å²) in [6.45, 7) is 6.32. The monoisotopic (exact) mass is 279 g/mol. The number of hydrogen-bond donors (Lipinski definition) is 1. The van der Waals surface area contributed by atoms with Gasteiger partial charge in [0.1, 0.15) is 5.75 Å². The first kappa shape index (κ1) is 13.7. The zero-order valence-electron chi connectivity index (χ0n) is 12.6. The summed E-state index contributed by atoms with van der Waals surface area (Å²) < 4.78 is 5.25. The average Bonchev–Trinajstić information content (AvgIpc) is 2.53. The smallest absolute Gasteiger partial charge is 0.118 e. The minimum Gasteiger partial charge on any atom is -0.497 e. The predicted molar refractivity (Wildman–Crippen MR) is 87.8 cm³/mol. The van der Waals surface area contributed by atoms with Crippen LogP contribution in [-0.4, -0.2) is 7.11 Å². The Morgan fingerprint density at radius 2 is 1.86 bits per heavy atom. The molecule has 0 fully saturated rings. The van der Waals surface area contributed by atoms with E-state index < -0.39 is 0 Å². The Bertz CT molecular complexity index is 645. The van der Waals surface area contributed by atoms with Crippen molar-refractivity contribution < 1.29 is 4.74 Å². The summed E-state index contributed by atoms with van der Waals surface area (Å²) in [5, 5.41) is 3.68. The Kier molecular flexibility index (Phi) is 3.70. The lowest BCUT2D eigenvalue weighted by Crippen LogP contribution is -2.28. The second-order valence-corrected chi connectivity index (χ2v) is 5.71. The van der Waals surface area contributed by atoms with Gasteiger partial charge >= 0.3 is 0 Å². The highest BCUT2D eigenvalue weighted by molar-refractivity contribution is 5.56. The average molecular weight is 279 g/mol. The number of para-hydroxylation sites is 1. The van der Waals surface area contributed by atoms with Crippen LogP contribution in [0.2, 0.25) is 0 Å². The molecule has 1 N–H and O–H groups in total. The number of nitrogens with one attached hydrogen (secondary N) is 1. The molecule has 0 saturated heterocycles. The quantitative estimate of drug-likeness (QED) is 0.829. The molecule has 1 aliphatic heterocycles. The van der Waals surface area contributed by atoms with Gasteiger partial charge in [0.25, 0.3) is 0 Å². The van der Waals surface area contributed by atoms with Gasteiger partial charge in [-0.15, -0.1) is 0 Å².